The van der Waals surface area contributed by atoms with E-state index in [0.717, 1.165) is 18.4 Å². The van der Waals surface area contributed by atoms with Crippen LogP contribution in [0.4, 0.5) is 0 Å². The minimum atomic E-state index is -3.85. The van der Waals surface area contributed by atoms with Gasteiger partial charge in [-0.05, 0) is 37.5 Å². The van der Waals surface area contributed by atoms with Gasteiger partial charge in [-0.1, -0.05) is 42.5 Å². The first kappa shape index (κ1) is 19.5. The number of rotatable bonds is 5. The number of benzene rings is 2. The van der Waals surface area contributed by atoms with Crippen molar-refractivity contribution < 1.29 is 13.2 Å². The van der Waals surface area contributed by atoms with Gasteiger partial charge in [-0.2, -0.15) is 0 Å². The molecular formula is C22H23N3O3S. The lowest BCUT2D eigenvalue weighted by molar-refractivity contribution is -0.129. The maximum Gasteiger partial charge on any atom is 0.245 e. The quantitative estimate of drug-likeness (QED) is 0.646. The average molecular weight is 410 g/mol. The zero-order chi connectivity index (χ0) is 20.4. The number of hydrogen-bond donors (Lipinski definition) is 0. The molecule has 1 fully saturated rings. The van der Waals surface area contributed by atoms with E-state index in [-0.39, 0.29) is 11.7 Å². The van der Waals surface area contributed by atoms with E-state index in [1.54, 1.807) is 36.1 Å². The molecule has 1 aliphatic rings. The minimum Gasteiger partial charge on any atom is -0.341 e. The Morgan fingerprint density at radius 1 is 0.966 bits per heavy atom. The Morgan fingerprint density at radius 3 is 2.21 bits per heavy atom. The number of aromatic nitrogens is 2. The molecule has 0 bridgehead atoms. The second-order valence-electron chi connectivity index (χ2n) is 7.37. The molecule has 0 saturated carbocycles. The Morgan fingerprint density at radius 2 is 1.55 bits per heavy atom. The predicted molar refractivity (Wildman–Crippen MR) is 112 cm³/mol. The summed E-state index contributed by atoms with van der Waals surface area (Å²) in [5.74, 6) is -0.671. The van der Waals surface area contributed by atoms with Gasteiger partial charge in [-0.15, -0.1) is 0 Å². The molecule has 0 unspecified atom stereocenters. The molecule has 7 heteroatoms. The molecule has 0 radical (unpaired) electrons. The molecule has 0 spiro atoms. The lowest BCUT2D eigenvalue weighted by Crippen LogP contribution is -2.37. The van der Waals surface area contributed by atoms with Crippen molar-refractivity contribution in [1.29, 1.82) is 0 Å². The third kappa shape index (κ3) is 4.00. The SMILES string of the molecule is Cc1nc2ccccc2nc1CS(=O)(=O)[C@H](C(=O)N1CCCC1)c1ccccc1. The first-order valence-electron chi connectivity index (χ1n) is 9.73. The van der Waals surface area contributed by atoms with Crippen molar-refractivity contribution in [2.75, 3.05) is 13.1 Å². The fourth-order valence-corrected chi connectivity index (χ4v) is 5.62. The van der Waals surface area contributed by atoms with E-state index in [0.29, 0.717) is 35.6 Å². The molecule has 1 amide bonds. The number of carbonyl (C=O) groups excluding carboxylic acids is 1. The van der Waals surface area contributed by atoms with E-state index in [9.17, 15) is 13.2 Å². The second kappa shape index (κ2) is 7.91. The van der Waals surface area contributed by atoms with Gasteiger partial charge in [0.1, 0.15) is 0 Å². The number of carbonyl (C=O) groups is 1. The van der Waals surface area contributed by atoms with Gasteiger partial charge in [0.25, 0.3) is 0 Å². The van der Waals surface area contributed by atoms with Gasteiger partial charge in [-0.25, -0.2) is 18.4 Å². The summed E-state index contributed by atoms with van der Waals surface area (Å²) in [5, 5.41) is -1.23. The molecule has 29 heavy (non-hydrogen) atoms. The molecule has 6 nitrogen and oxygen atoms in total. The van der Waals surface area contributed by atoms with Gasteiger partial charge in [0.15, 0.2) is 15.1 Å². The first-order valence-corrected chi connectivity index (χ1v) is 11.4. The number of likely N-dealkylation sites (tertiary alicyclic amines) is 1. The molecule has 2 aromatic carbocycles. The Labute approximate surface area is 170 Å². The number of aryl methyl sites for hydroxylation is 1. The summed E-state index contributed by atoms with van der Waals surface area (Å²) >= 11 is 0. The average Bonchev–Trinajstić information content (AvgIpc) is 3.24. The molecule has 1 aromatic heterocycles. The van der Waals surface area contributed by atoms with Crippen LogP contribution in [0.15, 0.2) is 54.6 Å². The molecule has 2 heterocycles. The van der Waals surface area contributed by atoms with Crippen LogP contribution >= 0.6 is 0 Å². The number of hydrogen-bond acceptors (Lipinski definition) is 5. The van der Waals surface area contributed by atoms with Crippen LogP contribution < -0.4 is 0 Å². The molecule has 3 aromatic rings. The van der Waals surface area contributed by atoms with Crippen molar-refractivity contribution in [2.24, 2.45) is 0 Å². The predicted octanol–water partition coefficient (Wildman–Crippen LogP) is 3.22. The molecular weight excluding hydrogens is 386 g/mol. The van der Waals surface area contributed by atoms with Crippen LogP contribution in [0.25, 0.3) is 11.0 Å². The highest BCUT2D eigenvalue weighted by molar-refractivity contribution is 7.91. The molecule has 1 atom stereocenters. The third-order valence-electron chi connectivity index (χ3n) is 5.28. The minimum absolute atomic E-state index is 0.324. The Kier molecular flexibility index (Phi) is 5.32. The van der Waals surface area contributed by atoms with E-state index in [4.69, 9.17) is 0 Å². The second-order valence-corrected chi connectivity index (χ2v) is 9.46. The molecule has 150 valence electrons. The van der Waals surface area contributed by atoms with Crippen molar-refractivity contribution in [1.82, 2.24) is 14.9 Å². The van der Waals surface area contributed by atoms with Crippen LogP contribution in [-0.2, 0) is 20.4 Å². The summed E-state index contributed by atoms with van der Waals surface area (Å²) in [6.07, 6.45) is 1.81. The van der Waals surface area contributed by atoms with Crippen LogP contribution in [0.5, 0.6) is 0 Å². The smallest absolute Gasteiger partial charge is 0.245 e. The topological polar surface area (TPSA) is 80.2 Å². The zero-order valence-corrected chi connectivity index (χ0v) is 17.1. The Balaban J connectivity index is 1.73. The molecule has 1 saturated heterocycles. The summed E-state index contributed by atoms with van der Waals surface area (Å²) in [4.78, 5) is 23.9. The maximum absolute atomic E-state index is 13.5. The largest absolute Gasteiger partial charge is 0.341 e. The molecule has 1 aliphatic heterocycles. The number of nitrogens with zero attached hydrogens (tertiary/aromatic N) is 3. The van der Waals surface area contributed by atoms with E-state index in [1.165, 1.54) is 0 Å². The monoisotopic (exact) mass is 409 g/mol. The van der Waals surface area contributed by atoms with Gasteiger partial charge in [-0.3, -0.25) is 4.79 Å². The normalized spacial score (nSPS) is 15.6. The Hall–Kier alpha value is -2.80. The van der Waals surface area contributed by atoms with Crippen molar-refractivity contribution in [2.45, 2.75) is 30.8 Å². The fraction of sp³-hybridized carbons (Fsp3) is 0.318. The Bertz CT molecular complexity index is 1140. The van der Waals surface area contributed by atoms with Gasteiger partial charge in [0.2, 0.25) is 5.91 Å². The van der Waals surface area contributed by atoms with E-state index in [2.05, 4.69) is 9.97 Å². The summed E-state index contributed by atoms with van der Waals surface area (Å²) in [7, 11) is -3.85. The summed E-state index contributed by atoms with van der Waals surface area (Å²) in [6, 6.07) is 16.1. The molecule has 4 rings (SSSR count). The first-order chi connectivity index (χ1) is 14.0. The number of para-hydroxylation sites is 2. The van der Waals surface area contributed by atoms with Crippen LogP contribution in [0, 0.1) is 6.92 Å². The van der Waals surface area contributed by atoms with Gasteiger partial charge in [0.05, 0.1) is 28.2 Å². The lowest BCUT2D eigenvalue weighted by Gasteiger charge is -2.23. The van der Waals surface area contributed by atoms with Crippen LogP contribution in [-0.4, -0.2) is 42.3 Å². The maximum atomic E-state index is 13.5. The highest BCUT2D eigenvalue weighted by atomic mass is 32.2. The van der Waals surface area contributed by atoms with Crippen LogP contribution in [0.1, 0.15) is 35.0 Å². The standard InChI is InChI=1S/C22H23N3O3S/c1-16-20(24-19-12-6-5-11-18(19)23-16)15-29(27,28)21(17-9-3-2-4-10-17)22(26)25-13-7-8-14-25/h2-6,9-12,21H,7-8,13-15H2,1H3/t21-/m0/s1. The van der Waals surface area contributed by atoms with E-state index >= 15 is 0 Å². The highest BCUT2D eigenvalue weighted by Gasteiger charge is 2.38. The van der Waals surface area contributed by atoms with E-state index < -0.39 is 15.1 Å². The van der Waals surface area contributed by atoms with Crippen molar-refractivity contribution in [3.8, 4) is 0 Å². The van der Waals surface area contributed by atoms with Crippen LogP contribution in [0.3, 0.4) is 0 Å². The number of sulfone groups is 1. The van der Waals surface area contributed by atoms with Crippen molar-refractivity contribution >= 4 is 26.8 Å². The lowest BCUT2D eigenvalue weighted by atomic mass is 10.1. The summed E-state index contributed by atoms with van der Waals surface area (Å²) < 4.78 is 26.9. The number of amides is 1. The van der Waals surface area contributed by atoms with E-state index in [1.807, 2.05) is 30.3 Å². The molecule has 0 N–H and O–H groups in total. The third-order valence-corrected chi connectivity index (χ3v) is 7.15. The fourth-order valence-electron chi connectivity index (χ4n) is 3.77. The number of fused-ring (bicyclic) bond motifs is 1. The summed E-state index contributed by atoms with van der Waals surface area (Å²) in [5.41, 5.74) is 2.81. The van der Waals surface area contributed by atoms with Crippen molar-refractivity contribution in [3.05, 3.63) is 71.5 Å². The van der Waals surface area contributed by atoms with Crippen LogP contribution in [0.2, 0.25) is 0 Å². The zero-order valence-electron chi connectivity index (χ0n) is 16.3. The highest BCUT2D eigenvalue weighted by Crippen LogP contribution is 2.30. The van der Waals surface area contributed by atoms with Gasteiger partial charge in [0, 0.05) is 13.1 Å². The van der Waals surface area contributed by atoms with Gasteiger partial charge < -0.3 is 4.90 Å². The van der Waals surface area contributed by atoms with Crippen molar-refractivity contribution in [3.63, 3.8) is 0 Å². The summed E-state index contributed by atoms with van der Waals surface area (Å²) in [6.45, 7) is 2.96. The molecule has 0 aliphatic carbocycles. The van der Waals surface area contributed by atoms with Gasteiger partial charge >= 0.3 is 0 Å².